The summed E-state index contributed by atoms with van der Waals surface area (Å²) in [5, 5.41) is 13.4. The second-order valence-electron chi connectivity index (χ2n) is 6.45. The van der Waals surface area contributed by atoms with Crippen molar-refractivity contribution in [3.05, 3.63) is 72.2 Å². The number of nitrogens with two attached hydrogens (primary N) is 1. The first-order chi connectivity index (χ1) is 14.1. The van der Waals surface area contributed by atoms with Gasteiger partial charge in [0, 0.05) is 41.2 Å². The lowest BCUT2D eigenvalue weighted by atomic mass is 9.94. The first-order valence-electron chi connectivity index (χ1n) is 8.84. The maximum atomic E-state index is 13.7. The summed E-state index contributed by atoms with van der Waals surface area (Å²) in [6, 6.07) is 10.0. The van der Waals surface area contributed by atoms with E-state index < -0.39 is 0 Å². The SMILES string of the molecule is C[C@H](Nc1ncnc(N)c1C#N)c1cnc2cc(F)ccc2c1-c1cccnc1. The number of halogens is 1. The summed E-state index contributed by atoms with van der Waals surface area (Å²) in [5.41, 5.74) is 9.11. The molecule has 0 saturated heterocycles. The van der Waals surface area contributed by atoms with Crippen molar-refractivity contribution in [3.63, 3.8) is 0 Å². The van der Waals surface area contributed by atoms with E-state index in [-0.39, 0.29) is 23.2 Å². The molecule has 8 heteroatoms. The molecule has 0 saturated carbocycles. The first kappa shape index (κ1) is 18.3. The summed E-state index contributed by atoms with van der Waals surface area (Å²) in [6.07, 6.45) is 6.43. The lowest BCUT2D eigenvalue weighted by Crippen LogP contribution is -2.12. The number of hydrogen-bond donors (Lipinski definition) is 2. The van der Waals surface area contributed by atoms with E-state index in [9.17, 15) is 9.65 Å². The highest BCUT2D eigenvalue weighted by atomic mass is 19.1. The third-order valence-corrected chi connectivity index (χ3v) is 4.62. The molecule has 7 nitrogen and oxygen atoms in total. The van der Waals surface area contributed by atoms with Gasteiger partial charge in [-0.3, -0.25) is 9.97 Å². The molecule has 4 rings (SSSR count). The molecule has 3 aromatic heterocycles. The highest BCUT2D eigenvalue weighted by Crippen LogP contribution is 2.35. The number of hydrogen-bond acceptors (Lipinski definition) is 7. The number of pyridine rings is 2. The van der Waals surface area contributed by atoms with Crippen LogP contribution in [-0.4, -0.2) is 19.9 Å². The fourth-order valence-corrected chi connectivity index (χ4v) is 3.24. The number of nitrogen functional groups attached to an aromatic ring is 1. The molecule has 0 radical (unpaired) electrons. The highest BCUT2D eigenvalue weighted by molar-refractivity contribution is 5.96. The molecule has 0 spiro atoms. The van der Waals surface area contributed by atoms with Gasteiger partial charge in [-0.1, -0.05) is 6.07 Å². The van der Waals surface area contributed by atoms with Gasteiger partial charge in [-0.25, -0.2) is 14.4 Å². The van der Waals surface area contributed by atoms with E-state index in [2.05, 4.69) is 25.3 Å². The fourth-order valence-electron chi connectivity index (χ4n) is 3.24. The van der Waals surface area contributed by atoms with Crippen molar-refractivity contribution in [2.75, 3.05) is 11.1 Å². The number of aromatic nitrogens is 4. The van der Waals surface area contributed by atoms with Crippen molar-refractivity contribution >= 4 is 22.5 Å². The Morgan fingerprint density at radius 2 is 2.03 bits per heavy atom. The van der Waals surface area contributed by atoms with E-state index in [4.69, 9.17) is 5.73 Å². The Kier molecular flexibility index (Phi) is 4.71. The molecule has 0 amide bonds. The van der Waals surface area contributed by atoms with Gasteiger partial charge in [0.05, 0.1) is 11.6 Å². The first-order valence-corrected chi connectivity index (χ1v) is 8.84. The number of fused-ring (bicyclic) bond motifs is 1. The minimum absolute atomic E-state index is 0.108. The smallest absolute Gasteiger partial charge is 0.150 e. The average molecular weight is 385 g/mol. The van der Waals surface area contributed by atoms with Crippen LogP contribution in [0.15, 0.2) is 55.2 Å². The highest BCUT2D eigenvalue weighted by Gasteiger charge is 2.19. The molecule has 29 heavy (non-hydrogen) atoms. The minimum Gasteiger partial charge on any atom is -0.382 e. The van der Waals surface area contributed by atoms with Gasteiger partial charge in [0.15, 0.2) is 0 Å². The molecule has 1 aromatic carbocycles. The molecule has 3 heterocycles. The number of rotatable bonds is 4. The van der Waals surface area contributed by atoms with E-state index in [1.54, 1.807) is 24.7 Å². The second-order valence-corrected chi connectivity index (χ2v) is 6.45. The molecular weight excluding hydrogens is 369 g/mol. The van der Waals surface area contributed by atoms with Gasteiger partial charge in [0.2, 0.25) is 0 Å². The predicted molar refractivity (Wildman–Crippen MR) is 108 cm³/mol. The van der Waals surface area contributed by atoms with Crippen molar-refractivity contribution in [2.24, 2.45) is 0 Å². The van der Waals surface area contributed by atoms with Crippen LogP contribution in [0.5, 0.6) is 0 Å². The monoisotopic (exact) mass is 385 g/mol. The van der Waals surface area contributed by atoms with Crippen LogP contribution < -0.4 is 11.1 Å². The van der Waals surface area contributed by atoms with Gasteiger partial charge in [0.1, 0.15) is 35.4 Å². The molecule has 3 N–H and O–H groups in total. The topological polar surface area (TPSA) is 113 Å². The summed E-state index contributed by atoms with van der Waals surface area (Å²) in [6.45, 7) is 1.92. The van der Waals surface area contributed by atoms with Crippen molar-refractivity contribution in [2.45, 2.75) is 13.0 Å². The molecule has 0 unspecified atom stereocenters. The van der Waals surface area contributed by atoms with Crippen LogP contribution in [0.3, 0.4) is 0 Å². The van der Waals surface area contributed by atoms with Gasteiger partial charge in [0.25, 0.3) is 0 Å². The Morgan fingerprint density at radius 1 is 1.17 bits per heavy atom. The summed E-state index contributed by atoms with van der Waals surface area (Å²) in [5.74, 6) is 0.0943. The van der Waals surface area contributed by atoms with Gasteiger partial charge in [-0.2, -0.15) is 5.26 Å². The molecule has 0 bridgehead atoms. The van der Waals surface area contributed by atoms with Crippen LogP contribution in [0.4, 0.5) is 16.0 Å². The molecule has 4 aromatic rings. The number of benzene rings is 1. The van der Waals surface area contributed by atoms with E-state index in [1.807, 2.05) is 25.1 Å². The van der Waals surface area contributed by atoms with Gasteiger partial charge in [-0.15, -0.1) is 0 Å². The lowest BCUT2D eigenvalue weighted by molar-refractivity contribution is 0.629. The van der Waals surface area contributed by atoms with E-state index in [0.29, 0.717) is 11.3 Å². The van der Waals surface area contributed by atoms with Crippen molar-refractivity contribution < 1.29 is 4.39 Å². The summed E-state index contributed by atoms with van der Waals surface area (Å²) in [7, 11) is 0. The van der Waals surface area contributed by atoms with Crippen molar-refractivity contribution in [1.82, 2.24) is 19.9 Å². The molecule has 0 aliphatic heterocycles. The lowest BCUT2D eigenvalue weighted by Gasteiger charge is -2.20. The van der Waals surface area contributed by atoms with Crippen LogP contribution in [0, 0.1) is 17.1 Å². The van der Waals surface area contributed by atoms with Crippen LogP contribution in [-0.2, 0) is 0 Å². The zero-order valence-corrected chi connectivity index (χ0v) is 15.5. The van der Waals surface area contributed by atoms with Gasteiger partial charge >= 0.3 is 0 Å². The standard InChI is InChI=1S/C21H16FN7/c1-12(29-21-16(8-23)20(24)27-11-28-21)17-10-26-18-7-14(22)4-5-15(18)19(17)13-3-2-6-25-9-13/h2-7,9-12H,1H3,(H3,24,27,28,29)/t12-/m0/s1. The normalized spacial score (nSPS) is 11.8. The third kappa shape index (κ3) is 3.41. The zero-order valence-electron chi connectivity index (χ0n) is 15.5. The maximum absolute atomic E-state index is 13.7. The summed E-state index contributed by atoms with van der Waals surface area (Å²) >= 11 is 0. The molecule has 0 fully saturated rings. The summed E-state index contributed by atoms with van der Waals surface area (Å²) < 4.78 is 13.7. The van der Waals surface area contributed by atoms with Gasteiger partial charge in [-0.05, 0) is 30.7 Å². The van der Waals surface area contributed by atoms with E-state index in [0.717, 1.165) is 22.1 Å². The zero-order chi connectivity index (χ0) is 20.4. The largest absolute Gasteiger partial charge is 0.382 e. The number of anilines is 2. The second kappa shape index (κ2) is 7.48. The number of nitriles is 1. The Balaban J connectivity index is 1.87. The maximum Gasteiger partial charge on any atom is 0.150 e. The predicted octanol–water partition coefficient (Wildman–Crippen LogP) is 3.85. The molecule has 0 aliphatic carbocycles. The van der Waals surface area contributed by atoms with Crippen LogP contribution >= 0.6 is 0 Å². The number of nitrogens with one attached hydrogen (secondary N) is 1. The average Bonchev–Trinajstić information content (AvgIpc) is 2.73. The van der Waals surface area contributed by atoms with Crippen LogP contribution in [0.2, 0.25) is 0 Å². The molecule has 142 valence electrons. The Morgan fingerprint density at radius 3 is 2.79 bits per heavy atom. The Labute approximate surface area is 166 Å². The molecule has 0 aliphatic rings. The molecular formula is C21H16FN7. The molecule has 1 atom stereocenters. The Bertz CT molecular complexity index is 1240. The van der Waals surface area contributed by atoms with Crippen molar-refractivity contribution in [3.8, 4) is 17.2 Å². The Hall–Kier alpha value is -4.12. The van der Waals surface area contributed by atoms with E-state index in [1.165, 1.54) is 18.5 Å². The minimum atomic E-state index is -0.351. The quantitative estimate of drug-likeness (QED) is 0.548. The van der Waals surface area contributed by atoms with Gasteiger partial charge < -0.3 is 11.1 Å². The van der Waals surface area contributed by atoms with Crippen LogP contribution in [0.1, 0.15) is 24.1 Å². The van der Waals surface area contributed by atoms with E-state index >= 15 is 0 Å². The third-order valence-electron chi connectivity index (χ3n) is 4.62. The fraction of sp³-hybridized carbons (Fsp3) is 0.0952. The summed E-state index contributed by atoms with van der Waals surface area (Å²) in [4.78, 5) is 16.6. The number of nitrogens with zero attached hydrogens (tertiary/aromatic N) is 5. The van der Waals surface area contributed by atoms with Crippen LogP contribution in [0.25, 0.3) is 22.0 Å². The van der Waals surface area contributed by atoms with Crippen molar-refractivity contribution in [1.29, 1.82) is 5.26 Å².